The number of allylic oxidation sites excluding steroid dienone is 4. The fourth-order valence-corrected chi connectivity index (χ4v) is 4.97. The number of imide groups is 1. The van der Waals surface area contributed by atoms with Crippen LogP contribution in [0, 0.1) is 5.82 Å². The molecule has 5 rings (SSSR count). The van der Waals surface area contributed by atoms with E-state index in [1.165, 1.54) is 43.2 Å². The van der Waals surface area contributed by atoms with Crippen molar-refractivity contribution in [1.29, 1.82) is 0 Å². The number of nitrogens with zero attached hydrogens (tertiary/aromatic N) is 2. The van der Waals surface area contributed by atoms with E-state index in [0.717, 1.165) is 28.2 Å². The van der Waals surface area contributed by atoms with E-state index in [0.29, 0.717) is 12.2 Å². The van der Waals surface area contributed by atoms with Gasteiger partial charge in [0.15, 0.2) is 28.4 Å². The Morgan fingerprint density at radius 1 is 1.30 bits per heavy atom. The zero-order valence-corrected chi connectivity index (χ0v) is 21.9. The number of carbonyl (C=O) groups excluding carboxylic acids is 4. The number of thiazole rings is 1. The molecule has 0 spiro atoms. The molecule has 2 N–H and O–H groups in total. The van der Waals surface area contributed by atoms with Gasteiger partial charge in [0.05, 0.1) is 7.11 Å². The molecule has 0 bridgehead atoms. The van der Waals surface area contributed by atoms with Gasteiger partial charge in [-0.15, -0.1) is 11.3 Å². The Morgan fingerprint density at radius 2 is 2.12 bits per heavy atom. The van der Waals surface area contributed by atoms with Gasteiger partial charge in [-0.2, -0.15) is 0 Å². The molecular formula is C27H23FN4O7S. The summed E-state index contributed by atoms with van der Waals surface area (Å²) >= 11 is 0.946. The summed E-state index contributed by atoms with van der Waals surface area (Å²) in [5, 5.41) is 6.46. The molecule has 2 aliphatic heterocycles. The van der Waals surface area contributed by atoms with Gasteiger partial charge in [-0.3, -0.25) is 9.59 Å². The molecule has 1 aliphatic carbocycles. The molecular weight excluding hydrogens is 543 g/mol. The average Bonchev–Trinajstić information content (AvgIpc) is 3.56. The predicted octanol–water partition coefficient (Wildman–Crippen LogP) is 3.55. The van der Waals surface area contributed by atoms with E-state index in [-0.39, 0.29) is 28.6 Å². The fraction of sp³-hybridized carbons (Fsp3) is 0.222. The third kappa shape index (κ3) is 5.50. The highest BCUT2D eigenvalue weighted by Crippen LogP contribution is 2.30. The van der Waals surface area contributed by atoms with Crippen LogP contribution in [0.5, 0.6) is 0 Å². The highest BCUT2D eigenvalue weighted by molar-refractivity contribution is 7.14. The Hall–Kier alpha value is -4.78. The van der Waals surface area contributed by atoms with Crippen molar-refractivity contribution in [2.24, 2.45) is 0 Å². The van der Waals surface area contributed by atoms with Gasteiger partial charge in [0.25, 0.3) is 5.91 Å². The molecule has 1 saturated heterocycles. The van der Waals surface area contributed by atoms with E-state index < -0.39 is 41.7 Å². The Balaban J connectivity index is 1.39. The first-order chi connectivity index (χ1) is 19.4. The number of halogens is 1. The van der Waals surface area contributed by atoms with Gasteiger partial charge in [-0.05, 0) is 30.0 Å². The van der Waals surface area contributed by atoms with Crippen LogP contribution in [-0.4, -0.2) is 52.9 Å². The van der Waals surface area contributed by atoms with Crippen LogP contribution in [0.1, 0.15) is 28.9 Å². The zero-order chi connectivity index (χ0) is 28.2. The van der Waals surface area contributed by atoms with Crippen LogP contribution in [-0.2, 0) is 30.2 Å². The lowest BCUT2D eigenvalue weighted by atomic mass is 10.0. The molecule has 11 nitrogen and oxygen atoms in total. The number of amides is 4. The maximum absolute atomic E-state index is 14.6. The smallest absolute Gasteiger partial charge is 0.357 e. The van der Waals surface area contributed by atoms with Gasteiger partial charge in [0.2, 0.25) is 5.91 Å². The molecule has 3 aliphatic rings. The second-order valence-corrected chi connectivity index (χ2v) is 9.68. The highest BCUT2D eigenvalue weighted by Gasteiger charge is 2.48. The zero-order valence-electron chi connectivity index (χ0n) is 21.1. The lowest BCUT2D eigenvalue weighted by Gasteiger charge is -2.25. The molecule has 1 aromatic carbocycles. The van der Waals surface area contributed by atoms with Crippen molar-refractivity contribution in [2.75, 3.05) is 12.4 Å². The highest BCUT2D eigenvalue weighted by atomic mass is 32.1. The number of methoxy groups -OCH3 is 1. The standard InChI is InChI=1S/C27H23FN4O7S/c1-37-25(35)18-14-40-26(29-18)31-23(33)19(11-16-9-5-6-10-17(16)28)32-24(34)22(30-27(32)36)21-13-38-12-20(39-21)15-7-3-2-4-8-15/h2-3,5-7,9-10,12-14,19,22H,4,8,11H2,1H3,(H,30,36)(H,29,31,33)/t19-,22+/m0/s1. The molecule has 0 unspecified atom stereocenters. The normalized spacial score (nSPS) is 19.0. The van der Waals surface area contributed by atoms with Crippen molar-refractivity contribution in [3.05, 3.63) is 94.6 Å². The molecule has 2 atom stereocenters. The first kappa shape index (κ1) is 26.8. The van der Waals surface area contributed by atoms with Crippen molar-refractivity contribution < 1.29 is 37.8 Å². The lowest BCUT2D eigenvalue weighted by molar-refractivity contribution is -0.134. The molecule has 0 saturated carbocycles. The predicted molar refractivity (Wildman–Crippen MR) is 140 cm³/mol. The minimum absolute atomic E-state index is 0.0292. The van der Waals surface area contributed by atoms with Gasteiger partial charge >= 0.3 is 12.0 Å². The number of rotatable bonds is 8. The van der Waals surface area contributed by atoms with Gasteiger partial charge in [-0.1, -0.05) is 36.4 Å². The number of carbonyl (C=O) groups is 4. The number of hydrogen-bond donors (Lipinski definition) is 2. The summed E-state index contributed by atoms with van der Waals surface area (Å²) in [6.07, 6.45) is 9.55. The van der Waals surface area contributed by atoms with E-state index >= 15 is 0 Å². The second kappa shape index (κ2) is 11.5. The SMILES string of the molecule is COC(=O)c1csc(NC(=O)[C@H](Cc2ccccc2F)N2C(=O)N[C@H](C3=COC=C(C4=CC=CCC4)O3)C2=O)n1. The minimum Gasteiger partial charge on any atom is -0.465 e. The maximum Gasteiger partial charge on any atom is 0.357 e. The molecule has 1 aromatic heterocycles. The molecule has 0 radical (unpaired) electrons. The molecule has 13 heteroatoms. The van der Waals surface area contributed by atoms with Crippen molar-refractivity contribution >= 4 is 40.3 Å². The largest absolute Gasteiger partial charge is 0.465 e. The number of benzene rings is 1. The van der Waals surface area contributed by atoms with E-state index in [4.69, 9.17) is 9.47 Å². The summed E-state index contributed by atoms with van der Waals surface area (Å²) in [4.78, 5) is 56.6. The summed E-state index contributed by atoms with van der Waals surface area (Å²) in [7, 11) is 1.19. The number of anilines is 1. The Labute approximate surface area is 231 Å². The summed E-state index contributed by atoms with van der Waals surface area (Å²) in [6, 6.07) is 2.10. The van der Waals surface area contributed by atoms with Crippen molar-refractivity contribution in [3.63, 3.8) is 0 Å². The van der Waals surface area contributed by atoms with Crippen molar-refractivity contribution in [3.8, 4) is 0 Å². The number of aromatic nitrogens is 1. The Morgan fingerprint density at radius 3 is 2.88 bits per heavy atom. The van der Waals surface area contributed by atoms with Crippen LogP contribution >= 0.6 is 11.3 Å². The second-order valence-electron chi connectivity index (χ2n) is 8.82. The monoisotopic (exact) mass is 566 g/mol. The quantitative estimate of drug-likeness (QED) is 0.366. The number of ether oxygens (including phenoxy) is 3. The summed E-state index contributed by atoms with van der Waals surface area (Å²) < 4.78 is 30.5. The van der Waals surface area contributed by atoms with E-state index in [2.05, 4.69) is 20.4 Å². The van der Waals surface area contributed by atoms with Crippen LogP contribution < -0.4 is 10.6 Å². The Bertz CT molecular complexity index is 1500. The average molecular weight is 567 g/mol. The molecule has 40 heavy (non-hydrogen) atoms. The third-order valence-electron chi connectivity index (χ3n) is 6.29. The summed E-state index contributed by atoms with van der Waals surface area (Å²) in [6.45, 7) is 0. The van der Waals surface area contributed by atoms with Gasteiger partial charge in [0, 0.05) is 11.8 Å². The summed E-state index contributed by atoms with van der Waals surface area (Å²) in [5.41, 5.74) is 0.936. The molecule has 2 aromatic rings. The first-order valence-electron chi connectivity index (χ1n) is 12.2. The van der Waals surface area contributed by atoms with E-state index in [1.54, 1.807) is 6.07 Å². The van der Waals surface area contributed by atoms with E-state index in [1.807, 2.05) is 18.2 Å². The van der Waals surface area contributed by atoms with Crippen LogP contribution in [0.4, 0.5) is 14.3 Å². The van der Waals surface area contributed by atoms with Crippen LogP contribution in [0.15, 0.2) is 77.5 Å². The van der Waals surface area contributed by atoms with Gasteiger partial charge in [0.1, 0.15) is 24.4 Å². The molecule has 1 fully saturated rings. The van der Waals surface area contributed by atoms with Crippen molar-refractivity contribution in [2.45, 2.75) is 31.3 Å². The lowest BCUT2D eigenvalue weighted by Crippen LogP contribution is -2.49. The number of urea groups is 1. The molecule has 206 valence electrons. The third-order valence-corrected chi connectivity index (χ3v) is 7.04. The first-order valence-corrected chi connectivity index (χ1v) is 13.0. The maximum atomic E-state index is 14.6. The number of esters is 1. The van der Waals surface area contributed by atoms with Crippen LogP contribution in [0.3, 0.4) is 0 Å². The Kier molecular flexibility index (Phi) is 7.73. The van der Waals surface area contributed by atoms with Crippen LogP contribution in [0.25, 0.3) is 0 Å². The number of hydrogen-bond acceptors (Lipinski definition) is 9. The molecule has 3 heterocycles. The molecule has 4 amide bonds. The topological polar surface area (TPSA) is 136 Å². The number of nitrogens with one attached hydrogen (secondary N) is 2. The van der Waals surface area contributed by atoms with Gasteiger partial charge in [-0.25, -0.2) is 23.9 Å². The minimum atomic E-state index is -1.47. The van der Waals surface area contributed by atoms with Crippen LogP contribution in [0.2, 0.25) is 0 Å². The summed E-state index contributed by atoms with van der Waals surface area (Å²) in [5.74, 6) is -2.48. The van der Waals surface area contributed by atoms with Crippen molar-refractivity contribution in [1.82, 2.24) is 15.2 Å². The van der Waals surface area contributed by atoms with Gasteiger partial charge < -0.3 is 24.8 Å². The fourth-order valence-electron chi connectivity index (χ4n) is 4.29. The van der Waals surface area contributed by atoms with E-state index in [9.17, 15) is 23.6 Å².